The molecule has 98 valence electrons. The van der Waals surface area contributed by atoms with Crippen molar-refractivity contribution in [1.82, 2.24) is 4.98 Å². The minimum Gasteiger partial charge on any atom is -0.321 e. The van der Waals surface area contributed by atoms with Crippen LogP contribution in [0.5, 0.6) is 0 Å². The monoisotopic (exact) mass is 374 g/mol. The molecule has 0 unspecified atom stereocenters. The molecule has 3 aromatic rings. The number of halogens is 1. The van der Waals surface area contributed by atoms with Gasteiger partial charge >= 0.3 is 0 Å². The number of nitrogens with one attached hydrogen (secondary N) is 1. The van der Waals surface area contributed by atoms with Gasteiger partial charge in [-0.05, 0) is 59.0 Å². The van der Waals surface area contributed by atoms with Crippen molar-refractivity contribution in [3.63, 3.8) is 0 Å². The van der Waals surface area contributed by atoms with Crippen LogP contribution in [-0.2, 0) is 0 Å². The predicted molar refractivity (Wildman–Crippen MR) is 88.9 cm³/mol. The first-order valence-electron chi connectivity index (χ1n) is 6.14. The van der Waals surface area contributed by atoms with Crippen LogP contribution in [0.3, 0.4) is 0 Å². The normalized spacial score (nSPS) is 10.4. The Hall–Kier alpha value is -1.95. The van der Waals surface area contributed by atoms with Gasteiger partial charge in [0.05, 0.1) is 17.4 Å². The van der Waals surface area contributed by atoms with Gasteiger partial charge in [0.1, 0.15) is 0 Å². The molecule has 0 spiro atoms. The molecule has 0 atom stereocenters. The van der Waals surface area contributed by atoms with Gasteiger partial charge in [-0.2, -0.15) is 0 Å². The molecule has 0 bridgehead atoms. The summed E-state index contributed by atoms with van der Waals surface area (Å²) in [5.74, 6) is -0.126. The lowest BCUT2D eigenvalue weighted by Crippen LogP contribution is -2.11. The highest BCUT2D eigenvalue weighted by molar-refractivity contribution is 14.1. The fourth-order valence-corrected chi connectivity index (χ4v) is 2.30. The molecular weight excluding hydrogens is 363 g/mol. The maximum absolute atomic E-state index is 12.1. The van der Waals surface area contributed by atoms with Gasteiger partial charge in [-0.1, -0.05) is 18.2 Å². The summed E-state index contributed by atoms with van der Waals surface area (Å²) < 4.78 is 1.10. The molecular formula is C16H11IN2O. The van der Waals surface area contributed by atoms with Crippen molar-refractivity contribution in [3.05, 3.63) is 69.9 Å². The molecule has 0 radical (unpaired) electrons. The first-order valence-corrected chi connectivity index (χ1v) is 7.22. The number of hydrogen-bond donors (Lipinski definition) is 1. The maximum atomic E-state index is 12.1. The summed E-state index contributed by atoms with van der Waals surface area (Å²) in [5, 5.41) is 3.87. The molecule has 0 saturated carbocycles. The summed E-state index contributed by atoms with van der Waals surface area (Å²) >= 11 is 2.21. The molecule has 3 nitrogen and oxygen atoms in total. The van der Waals surface area contributed by atoms with Crippen molar-refractivity contribution >= 4 is 45.1 Å². The number of hydrogen-bond acceptors (Lipinski definition) is 2. The average molecular weight is 374 g/mol. The van der Waals surface area contributed by atoms with Crippen LogP contribution in [0.1, 0.15) is 10.4 Å². The Morgan fingerprint density at radius 3 is 2.60 bits per heavy atom. The van der Waals surface area contributed by atoms with Gasteiger partial charge in [-0.25, -0.2) is 0 Å². The number of anilines is 1. The number of pyridine rings is 1. The maximum Gasteiger partial charge on any atom is 0.255 e. The molecule has 20 heavy (non-hydrogen) atoms. The molecule has 0 aliphatic carbocycles. The van der Waals surface area contributed by atoms with Crippen LogP contribution in [0, 0.1) is 3.57 Å². The number of carbonyl (C=O) groups is 1. The van der Waals surface area contributed by atoms with Crippen LogP contribution in [0.15, 0.2) is 60.8 Å². The second-order valence-corrected chi connectivity index (χ2v) is 5.62. The van der Waals surface area contributed by atoms with Gasteiger partial charge in [0.15, 0.2) is 0 Å². The van der Waals surface area contributed by atoms with E-state index in [-0.39, 0.29) is 5.91 Å². The lowest BCUT2D eigenvalue weighted by molar-refractivity contribution is 0.102. The van der Waals surface area contributed by atoms with E-state index >= 15 is 0 Å². The Morgan fingerprint density at radius 1 is 1.05 bits per heavy atom. The van der Waals surface area contributed by atoms with Crippen molar-refractivity contribution < 1.29 is 4.79 Å². The number of nitrogens with zero attached hydrogens (tertiary/aromatic N) is 1. The van der Waals surface area contributed by atoms with Crippen LogP contribution < -0.4 is 5.32 Å². The number of rotatable bonds is 2. The zero-order valence-corrected chi connectivity index (χ0v) is 12.7. The Labute approximate surface area is 130 Å². The van der Waals surface area contributed by atoms with E-state index in [4.69, 9.17) is 0 Å². The summed E-state index contributed by atoms with van der Waals surface area (Å²) in [6.07, 6.45) is 1.67. The number of para-hydroxylation sites is 1. The van der Waals surface area contributed by atoms with E-state index in [1.54, 1.807) is 6.20 Å². The van der Waals surface area contributed by atoms with Gasteiger partial charge in [0, 0.05) is 14.5 Å². The van der Waals surface area contributed by atoms with Crippen LogP contribution in [-0.4, -0.2) is 10.9 Å². The summed E-state index contributed by atoms with van der Waals surface area (Å²) in [6.45, 7) is 0. The van der Waals surface area contributed by atoms with Gasteiger partial charge in [0.25, 0.3) is 5.91 Å². The number of aromatic nitrogens is 1. The number of carbonyl (C=O) groups excluding carboxylic acids is 1. The van der Waals surface area contributed by atoms with E-state index in [1.165, 1.54) is 0 Å². The predicted octanol–water partition coefficient (Wildman–Crippen LogP) is 4.09. The second-order valence-electron chi connectivity index (χ2n) is 4.38. The molecule has 0 aliphatic heterocycles. The van der Waals surface area contributed by atoms with Crippen molar-refractivity contribution in [2.75, 3.05) is 5.32 Å². The third-order valence-corrected chi connectivity index (χ3v) is 3.67. The smallest absolute Gasteiger partial charge is 0.255 e. The largest absolute Gasteiger partial charge is 0.321 e. The van der Waals surface area contributed by atoms with Gasteiger partial charge in [-0.15, -0.1) is 0 Å². The van der Waals surface area contributed by atoms with E-state index in [0.717, 1.165) is 14.5 Å². The van der Waals surface area contributed by atoms with Gasteiger partial charge in [0.2, 0.25) is 0 Å². The molecule has 2 aromatic carbocycles. The molecule has 3 rings (SSSR count). The van der Waals surface area contributed by atoms with Gasteiger partial charge in [-0.3, -0.25) is 9.78 Å². The zero-order valence-electron chi connectivity index (χ0n) is 10.5. The standard InChI is InChI=1S/C16H11IN2O/c17-13-7-5-11(6-8-13)16(20)19-14-9-12-3-1-2-4-15(12)18-10-14/h1-10H,(H,19,20). The molecule has 0 saturated heterocycles. The van der Waals surface area contributed by atoms with Crippen LogP contribution in [0.25, 0.3) is 10.9 Å². The molecule has 1 heterocycles. The van der Waals surface area contributed by atoms with Crippen molar-refractivity contribution in [3.8, 4) is 0 Å². The van der Waals surface area contributed by atoms with Crippen molar-refractivity contribution in [2.24, 2.45) is 0 Å². The summed E-state index contributed by atoms with van der Waals surface area (Å²) in [6, 6.07) is 17.2. The third-order valence-electron chi connectivity index (χ3n) is 2.95. The number of fused-ring (bicyclic) bond motifs is 1. The van der Waals surface area contributed by atoms with E-state index in [0.29, 0.717) is 11.3 Å². The number of benzene rings is 2. The number of amides is 1. The first-order chi connectivity index (χ1) is 9.72. The minimum absolute atomic E-state index is 0.126. The zero-order chi connectivity index (χ0) is 13.9. The van der Waals surface area contributed by atoms with E-state index in [9.17, 15) is 4.79 Å². The Balaban J connectivity index is 1.85. The van der Waals surface area contributed by atoms with Gasteiger partial charge < -0.3 is 5.32 Å². The van der Waals surface area contributed by atoms with Crippen LogP contribution >= 0.6 is 22.6 Å². The molecule has 1 amide bonds. The summed E-state index contributed by atoms with van der Waals surface area (Å²) in [5.41, 5.74) is 2.26. The first kappa shape index (κ1) is 13.1. The van der Waals surface area contributed by atoms with Crippen LogP contribution in [0.2, 0.25) is 0 Å². The highest BCUT2D eigenvalue weighted by atomic mass is 127. The minimum atomic E-state index is -0.126. The fourth-order valence-electron chi connectivity index (χ4n) is 1.94. The summed E-state index contributed by atoms with van der Waals surface area (Å²) in [4.78, 5) is 16.4. The van der Waals surface area contributed by atoms with Crippen molar-refractivity contribution in [2.45, 2.75) is 0 Å². The van der Waals surface area contributed by atoms with E-state index in [1.807, 2.05) is 54.6 Å². The van der Waals surface area contributed by atoms with Crippen molar-refractivity contribution in [1.29, 1.82) is 0 Å². The topological polar surface area (TPSA) is 42.0 Å². The quantitative estimate of drug-likeness (QED) is 0.687. The molecule has 0 aliphatic rings. The lowest BCUT2D eigenvalue weighted by Gasteiger charge is -2.06. The molecule has 4 heteroatoms. The Morgan fingerprint density at radius 2 is 1.80 bits per heavy atom. The average Bonchev–Trinajstić information content (AvgIpc) is 2.48. The Kier molecular flexibility index (Phi) is 3.64. The third kappa shape index (κ3) is 2.80. The lowest BCUT2D eigenvalue weighted by atomic mass is 10.2. The molecule has 1 aromatic heterocycles. The van der Waals surface area contributed by atoms with E-state index in [2.05, 4.69) is 32.9 Å². The van der Waals surface area contributed by atoms with E-state index < -0.39 is 0 Å². The highest BCUT2D eigenvalue weighted by Gasteiger charge is 2.06. The Bertz CT molecular complexity index is 769. The second kappa shape index (κ2) is 5.58. The molecule has 0 fully saturated rings. The SMILES string of the molecule is O=C(Nc1cnc2ccccc2c1)c1ccc(I)cc1. The fraction of sp³-hybridized carbons (Fsp3) is 0. The highest BCUT2D eigenvalue weighted by Crippen LogP contribution is 2.17. The summed E-state index contributed by atoms with van der Waals surface area (Å²) in [7, 11) is 0. The van der Waals surface area contributed by atoms with Crippen LogP contribution in [0.4, 0.5) is 5.69 Å². The molecule has 1 N–H and O–H groups in total.